The maximum absolute atomic E-state index is 12.1. The molecular weight excluding hydrogens is 342 g/mol. The standard InChI is InChI=1S/C21H25N3O3/c1-14-6-7-15(2)18(10-14)27-21-9-8-16(13-23-21)12-22-20(26)11-17-4-3-5-19(25)24-17/h6-10,13,17H,3-5,11-12H2,1-2H3,(H,22,26)(H,24,25). The number of ether oxygens (including phenoxy) is 1. The molecule has 0 spiro atoms. The number of nitrogens with one attached hydrogen (secondary N) is 2. The van der Waals surface area contributed by atoms with Gasteiger partial charge in [-0.1, -0.05) is 18.2 Å². The minimum absolute atomic E-state index is 0.0303. The lowest BCUT2D eigenvalue weighted by Gasteiger charge is -2.22. The summed E-state index contributed by atoms with van der Waals surface area (Å²) < 4.78 is 5.84. The molecule has 6 heteroatoms. The van der Waals surface area contributed by atoms with E-state index in [2.05, 4.69) is 15.6 Å². The van der Waals surface area contributed by atoms with E-state index in [-0.39, 0.29) is 17.9 Å². The van der Waals surface area contributed by atoms with Crippen LogP contribution in [0.15, 0.2) is 36.5 Å². The minimum Gasteiger partial charge on any atom is -0.439 e. The first-order valence-electron chi connectivity index (χ1n) is 9.26. The Morgan fingerprint density at radius 3 is 2.89 bits per heavy atom. The van der Waals surface area contributed by atoms with E-state index in [0.29, 0.717) is 25.3 Å². The number of benzene rings is 1. The van der Waals surface area contributed by atoms with Crippen LogP contribution in [0, 0.1) is 13.8 Å². The zero-order valence-electron chi connectivity index (χ0n) is 15.7. The fourth-order valence-corrected chi connectivity index (χ4v) is 3.04. The molecule has 1 atom stereocenters. The summed E-state index contributed by atoms with van der Waals surface area (Å²) in [5, 5.41) is 5.73. The molecule has 1 aromatic carbocycles. The van der Waals surface area contributed by atoms with Crippen molar-refractivity contribution in [3.8, 4) is 11.6 Å². The van der Waals surface area contributed by atoms with E-state index < -0.39 is 0 Å². The van der Waals surface area contributed by atoms with Crippen molar-refractivity contribution < 1.29 is 14.3 Å². The normalized spacial score (nSPS) is 16.5. The Labute approximate surface area is 159 Å². The first kappa shape index (κ1) is 18.9. The van der Waals surface area contributed by atoms with Crippen molar-refractivity contribution in [2.75, 3.05) is 0 Å². The van der Waals surface area contributed by atoms with Gasteiger partial charge >= 0.3 is 0 Å². The Hall–Kier alpha value is -2.89. The lowest BCUT2D eigenvalue weighted by atomic mass is 10.0. The highest BCUT2D eigenvalue weighted by Gasteiger charge is 2.20. The molecule has 27 heavy (non-hydrogen) atoms. The lowest BCUT2D eigenvalue weighted by molar-refractivity contribution is -0.125. The molecule has 0 aliphatic carbocycles. The summed E-state index contributed by atoms with van der Waals surface area (Å²) in [7, 11) is 0. The maximum Gasteiger partial charge on any atom is 0.222 e. The van der Waals surface area contributed by atoms with E-state index in [1.54, 1.807) is 12.3 Å². The number of carbonyl (C=O) groups is 2. The second-order valence-corrected chi connectivity index (χ2v) is 7.01. The number of hydrogen-bond acceptors (Lipinski definition) is 4. The van der Waals surface area contributed by atoms with Crippen molar-refractivity contribution in [2.45, 2.75) is 52.1 Å². The van der Waals surface area contributed by atoms with Gasteiger partial charge in [0.2, 0.25) is 17.7 Å². The molecule has 1 aliphatic heterocycles. The number of nitrogens with zero attached hydrogens (tertiary/aromatic N) is 1. The van der Waals surface area contributed by atoms with Crippen LogP contribution in [0.1, 0.15) is 42.4 Å². The fraction of sp³-hybridized carbons (Fsp3) is 0.381. The Morgan fingerprint density at radius 2 is 2.15 bits per heavy atom. The summed E-state index contributed by atoms with van der Waals surface area (Å²) in [4.78, 5) is 27.8. The van der Waals surface area contributed by atoms with Crippen LogP contribution in [0.3, 0.4) is 0 Å². The molecule has 1 aliphatic rings. The van der Waals surface area contributed by atoms with Crippen LogP contribution in [0.25, 0.3) is 0 Å². The number of hydrogen-bond donors (Lipinski definition) is 2. The quantitative estimate of drug-likeness (QED) is 0.822. The van der Waals surface area contributed by atoms with E-state index in [0.717, 1.165) is 35.3 Å². The van der Waals surface area contributed by atoms with Gasteiger partial charge in [-0.3, -0.25) is 9.59 Å². The fourth-order valence-electron chi connectivity index (χ4n) is 3.04. The Kier molecular flexibility index (Phi) is 6.06. The van der Waals surface area contributed by atoms with Gasteiger partial charge in [-0.25, -0.2) is 4.98 Å². The van der Waals surface area contributed by atoms with Gasteiger partial charge in [0.1, 0.15) is 5.75 Å². The number of aryl methyl sites for hydroxylation is 2. The van der Waals surface area contributed by atoms with Gasteiger partial charge in [0, 0.05) is 37.7 Å². The van der Waals surface area contributed by atoms with Crippen molar-refractivity contribution in [3.05, 3.63) is 53.2 Å². The van der Waals surface area contributed by atoms with Gasteiger partial charge in [0.15, 0.2) is 0 Å². The molecule has 2 aromatic rings. The SMILES string of the molecule is Cc1ccc(C)c(Oc2ccc(CNC(=O)CC3CCCC(=O)N3)cn2)c1. The lowest BCUT2D eigenvalue weighted by Crippen LogP contribution is -2.41. The number of pyridine rings is 1. The summed E-state index contributed by atoms with van der Waals surface area (Å²) in [6, 6.07) is 9.66. The van der Waals surface area contributed by atoms with Crippen LogP contribution in [0.4, 0.5) is 0 Å². The predicted molar refractivity (Wildman–Crippen MR) is 102 cm³/mol. The maximum atomic E-state index is 12.1. The van der Waals surface area contributed by atoms with Crippen LogP contribution < -0.4 is 15.4 Å². The molecule has 1 unspecified atom stereocenters. The van der Waals surface area contributed by atoms with Gasteiger partial charge in [0.05, 0.1) is 0 Å². The molecule has 0 bridgehead atoms. The van der Waals surface area contributed by atoms with Gasteiger partial charge in [-0.2, -0.15) is 0 Å². The zero-order valence-corrected chi connectivity index (χ0v) is 15.7. The highest BCUT2D eigenvalue weighted by molar-refractivity contribution is 5.80. The molecule has 142 valence electrons. The number of carbonyl (C=O) groups excluding carboxylic acids is 2. The van der Waals surface area contributed by atoms with E-state index in [4.69, 9.17) is 4.74 Å². The molecule has 1 saturated heterocycles. The van der Waals surface area contributed by atoms with E-state index in [1.807, 2.05) is 38.1 Å². The molecule has 0 radical (unpaired) electrons. The molecule has 2 amide bonds. The first-order valence-corrected chi connectivity index (χ1v) is 9.26. The molecule has 2 heterocycles. The summed E-state index contributed by atoms with van der Waals surface area (Å²) in [6.45, 7) is 4.41. The molecule has 1 aromatic heterocycles. The van der Waals surface area contributed by atoms with Crippen LogP contribution in [0.5, 0.6) is 11.6 Å². The highest BCUT2D eigenvalue weighted by atomic mass is 16.5. The molecule has 2 N–H and O–H groups in total. The third-order valence-corrected chi connectivity index (χ3v) is 4.60. The third kappa shape index (κ3) is 5.54. The topological polar surface area (TPSA) is 80.3 Å². The number of piperidine rings is 1. The first-order chi connectivity index (χ1) is 13.0. The summed E-state index contributed by atoms with van der Waals surface area (Å²) in [5.74, 6) is 1.27. The Morgan fingerprint density at radius 1 is 1.30 bits per heavy atom. The van der Waals surface area contributed by atoms with Crippen molar-refractivity contribution >= 4 is 11.8 Å². The number of aromatic nitrogens is 1. The average Bonchev–Trinajstić information content (AvgIpc) is 2.64. The summed E-state index contributed by atoms with van der Waals surface area (Å²) in [5.41, 5.74) is 3.07. The van der Waals surface area contributed by atoms with Crippen LogP contribution >= 0.6 is 0 Å². The number of rotatable bonds is 6. The van der Waals surface area contributed by atoms with Crippen LogP contribution in [0.2, 0.25) is 0 Å². The van der Waals surface area contributed by atoms with E-state index in [1.165, 1.54) is 0 Å². The molecular formula is C21H25N3O3. The van der Waals surface area contributed by atoms with Gasteiger partial charge in [-0.15, -0.1) is 0 Å². The molecule has 1 fully saturated rings. The van der Waals surface area contributed by atoms with E-state index >= 15 is 0 Å². The van der Waals surface area contributed by atoms with Gasteiger partial charge in [-0.05, 0) is 49.4 Å². The van der Waals surface area contributed by atoms with Crippen molar-refractivity contribution in [3.63, 3.8) is 0 Å². The Bertz CT molecular complexity index is 818. The van der Waals surface area contributed by atoms with Gasteiger partial charge < -0.3 is 15.4 Å². The summed E-state index contributed by atoms with van der Waals surface area (Å²) in [6.07, 6.45) is 4.26. The molecule has 0 saturated carbocycles. The zero-order chi connectivity index (χ0) is 19.2. The summed E-state index contributed by atoms with van der Waals surface area (Å²) >= 11 is 0. The van der Waals surface area contributed by atoms with Crippen LogP contribution in [-0.4, -0.2) is 22.8 Å². The van der Waals surface area contributed by atoms with Crippen molar-refractivity contribution in [1.29, 1.82) is 0 Å². The largest absolute Gasteiger partial charge is 0.439 e. The Balaban J connectivity index is 1.49. The molecule has 6 nitrogen and oxygen atoms in total. The smallest absolute Gasteiger partial charge is 0.222 e. The minimum atomic E-state index is -0.0714. The monoisotopic (exact) mass is 367 g/mol. The third-order valence-electron chi connectivity index (χ3n) is 4.60. The number of amides is 2. The van der Waals surface area contributed by atoms with Crippen molar-refractivity contribution in [2.24, 2.45) is 0 Å². The molecule has 3 rings (SSSR count). The second-order valence-electron chi connectivity index (χ2n) is 7.01. The average molecular weight is 367 g/mol. The second kappa shape index (κ2) is 8.66. The van der Waals surface area contributed by atoms with Crippen molar-refractivity contribution in [1.82, 2.24) is 15.6 Å². The predicted octanol–water partition coefficient (Wildman–Crippen LogP) is 3.17. The highest BCUT2D eigenvalue weighted by Crippen LogP contribution is 2.24. The van der Waals surface area contributed by atoms with E-state index in [9.17, 15) is 9.59 Å². The van der Waals surface area contributed by atoms with Crippen LogP contribution in [-0.2, 0) is 16.1 Å². The van der Waals surface area contributed by atoms with Gasteiger partial charge in [0.25, 0.3) is 0 Å².